The highest BCUT2D eigenvalue weighted by Gasteiger charge is 2.47. The number of phenolic OH excluding ortho intramolecular Hbond substituents is 4. The fourth-order valence-electron chi connectivity index (χ4n) is 6.07. The minimum atomic E-state index is -0.588. The maximum absolute atomic E-state index is 13.1. The van der Waals surface area contributed by atoms with Gasteiger partial charge in [-0.2, -0.15) is 0 Å². The first-order chi connectivity index (χ1) is 18.1. The van der Waals surface area contributed by atoms with Crippen molar-refractivity contribution in [3.05, 3.63) is 47.5 Å². The molecule has 2 heterocycles. The zero-order valence-corrected chi connectivity index (χ0v) is 20.7. The largest absolute Gasteiger partial charge is 0.508 e. The molecule has 1 saturated carbocycles. The zero-order chi connectivity index (χ0) is 27.1. The van der Waals surface area contributed by atoms with Crippen LogP contribution in [0.15, 0.2) is 36.4 Å². The Morgan fingerprint density at radius 2 is 0.974 bits per heavy atom. The Kier molecular flexibility index (Phi) is 6.73. The lowest BCUT2D eigenvalue weighted by molar-refractivity contribution is -0.147. The van der Waals surface area contributed by atoms with Crippen molar-refractivity contribution < 1.29 is 39.6 Å². The maximum atomic E-state index is 13.1. The Morgan fingerprint density at radius 3 is 1.32 bits per heavy atom. The summed E-state index contributed by atoms with van der Waals surface area (Å²) in [5, 5.41) is 39.1. The Labute approximate surface area is 219 Å². The summed E-state index contributed by atoms with van der Waals surface area (Å²) in [5.41, 5.74) is 0.974. The Bertz CT molecular complexity index is 1200. The first-order valence-corrected chi connectivity index (χ1v) is 12.9. The van der Waals surface area contributed by atoms with Gasteiger partial charge in [0.05, 0.1) is 11.8 Å². The van der Waals surface area contributed by atoms with Crippen LogP contribution in [0.3, 0.4) is 0 Å². The van der Waals surface area contributed by atoms with Gasteiger partial charge in [0.1, 0.15) is 23.0 Å². The van der Waals surface area contributed by atoms with Crippen LogP contribution in [0.1, 0.15) is 49.7 Å². The highest BCUT2D eigenvalue weighted by Crippen LogP contribution is 2.37. The predicted molar refractivity (Wildman–Crippen MR) is 133 cm³/mol. The van der Waals surface area contributed by atoms with Crippen LogP contribution in [0, 0.1) is 11.8 Å². The molecule has 10 heteroatoms. The second kappa shape index (κ2) is 10.00. The van der Waals surface area contributed by atoms with Gasteiger partial charge in [-0.25, -0.2) is 0 Å². The van der Waals surface area contributed by atoms with Gasteiger partial charge in [-0.05, 0) is 61.8 Å². The molecule has 3 aliphatic rings. The van der Waals surface area contributed by atoms with Crippen LogP contribution < -0.4 is 0 Å². The fourth-order valence-corrected chi connectivity index (χ4v) is 6.07. The summed E-state index contributed by atoms with van der Waals surface area (Å²) >= 11 is 0. The van der Waals surface area contributed by atoms with E-state index in [-0.39, 0.29) is 84.4 Å². The summed E-state index contributed by atoms with van der Waals surface area (Å²) in [6.45, 7) is 0. The molecule has 2 aromatic carbocycles. The van der Waals surface area contributed by atoms with Crippen LogP contribution in [-0.2, 0) is 32.0 Å². The number of carbonyl (C=O) groups excluding carboxylic acids is 4. The first kappa shape index (κ1) is 25.6. The number of hydrogen-bond donors (Lipinski definition) is 4. The second-order valence-corrected chi connectivity index (χ2v) is 10.5. The van der Waals surface area contributed by atoms with Gasteiger partial charge >= 0.3 is 0 Å². The molecule has 1 aliphatic carbocycles. The number of aromatic hydroxyl groups is 4. The van der Waals surface area contributed by atoms with Gasteiger partial charge < -0.3 is 20.4 Å². The standard InChI is InChI=1S/C28H30N2O8/c31-21-7-1-15(23(33)13-21)9-17-11-25(35)29(27(17)37)19-3-5-20(6-4-19)30-26(36)12-18(28(30)38)10-16-2-8-22(32)14-24(16)34/h1-2,7-8,13-14,17-20,31-34H,3-6,9-12H2. The van der Waals surface area contributed by atoms with Crippen LogP contribution in [0.4, 0.5) is 0 Å². The van der Waals surface area contributed by atoms with Crippen molar-refractivity contribution in [2.75, 3.05) is 0 Å². The van der Waals surface area contributed by atoms with Gasteiger partial charge in [0.25, 0.3) is 0 Å². The summed E-state index contributed by atoms with van der Waals surface area (Å²) in [6, 6.07) is 7.73. The summed E-state index contributed by atoms with van der Waals surface area (Å²) in [7, 11) is 0. The van der Waals surface area contributed by atoms with Crippen LogP contribution >= 0.6 is 0 Å². The molecular weight excluding hydrogens is 492 g/mol. The molecule has 5 rings (SSSR count). The summed E-state index contributed by atoms with van der Waals surface area (Å²) in [5.74, 6) is -2.68. The van der Waals surface area contributed by atoms with Crippen LogP contribution in [0.2, 0.25) is 0 Å². The normalized spacial score (nSPS) is 26.0. The summed E-state index contributed by atoms with van der Waals surface area (Å²) in [4.78, 5) is 54.4. The number of imide groups is 2. The van der Waals surface area contributed by atoms with Crippen LogP contribution in [-0.4, -0.2) is 65.9 Å². The third-order valence-electron chi connectivity index (χ3n) is 8.02. The SMILES string of the molecule is O=C1CC(Cc2ccc(O)cc2O)C(=O)N1C1CCC(N2C(=O)CC(Cc3ccc(O)cc3O)C2=O)CC1. The molecule has 38 heavy (non-hydrogen) atoms. The number of benzene rings is 2. The summed E-state index contributed by atoms with van der Waals surface area (Å²) < 4.78 is 0. The van der Waals surface area contributed by atoms with E-state index >= 15 is 0 Å². The van der Waals surface area contributed by atoms with Gasteiger partial charge in [0.2, 0.25) is 23.6 Å². The zero-order valence-electron chi connectivity index (χ0n) is 20.7. The topological polar surface area (TPSA) is 156 Å². The Morgan fingerprint density at radius 1 is 0.605 bits per heavy atom. The van der Waals surface area contributed by atoms with Crippen LogP contribution in [0.25, 0.3) is 0 Å². The van der Waals surface area contributed by atoms with Gasteiger partial charge in [0.15, 0.2) is 0 Å². The number of likely N-dealkylation sites (tertiary alicyclic amines) is 2. The van der Waals surface area contributed by atoms with Crippen molar-refractivity contribution in [2.24, 2.45) is 11.8 Å². The molecule has 2 aromatic rings. The van der Waals surface area contributed by atoms with E-state index in [0.29, 0.717) is 36.8 Å². The highest BCUT2D eigenvalue weighted by molar-refractivity contribution is 6.05. The Hall–Kier alpha value is -4.08. The van der Waals surface area contributed by atoms with E-state index in [1.807, 2.05) is 0 Å². The van der Waals surface area contributed by atoms with Gasteiger partial charge in [0, 0.05) is 37.1 Å². The average Bonchev–Trinajstić information content (AvgIpc) is 3.30. The molecule has 10 nitrogen and oxygen atoms in total. The van der Waals surface area contributed by atoms with Gasteiger partial charge in [-0.3, -0.25) is 29.0 Å². The van der Waals surface area contributed by atoms with Crippen molar-refractivity contribution >= 4 is 23.6 Å². The third-order valence-corrected chi connectivity index (χ3v) is 8.02. The average molecular weight is 523 g/mol. The number of phenols is 4. The number of amides is 4. The number of rotatable bonds is 6. The summed E-state index contributed by atoms with van der Waals surface area (Å²) in [6.07, 6.45) is 2.43. The molecule has 0 bridgehead atoms. The van der Waals surface area contributed by atoms with Crippen molar-refractivity contribution in [3.8, 4) is 23.0 Å². The molecule has 2 atom stereocenters. The first-order valence-electron chi connectivity index (χ1n) is 12.9. The van der Waals surface area contributed by atoms with E-state index in [0.717, 1.165) is 0 Å². The third kappa shape index (κ3) is 4.78. The lowest BCUT2D eigenvalue weighted by Gasteiger charge is -2.36. The predicted octanol–water partition coefficient (Wildman–Crippen LogP) is 2.36. The van der Waals surface area contributed by atoms with Gasteiger partial charge in [-0.1, -0.05) is 12.1 Å². The molecule has 2 aliphatic heterocycles. The van der Waals surface area contributed by atoms with Crippen molar-refractivity contribution in [2.45, 2.75) is 63.5 Å². The number of hydrogen-bond acceptors (Lipinski definition) is 8. The number of carbonyl (C=O) groups is 4. The number of nitrogens with zero attached hydrogens (tertiary/aromatic N) is 2. The minimum absolute atomic E-state index is 0.0496. The molecule has 3 fully saturated rings. The minimum Gasteiger partial charge on any atom is -0.508 e. The fraction of sp³-hybridized carbons (Fsp3) is 0.429. The molecule has 2 unspecified atom stereocenters. The van der Waals surface area contributed by atoms with Crippen LogP contribution in [0.5, 0.6) is 23.0 Å². The molecule has 4 N–H and O–H groups in total. The quantitative estimate of drug-likeness (QED) is 0.422. The highest BCUT2D eigenvalue weighted by atomic mass is 16.3. The lowest BCUT2D eigenvalue weighted by Crippen LogP contribution is -2.48. The molecule has 0 spiro atoms. The molecule has 200 valence electrons. The maximum Gasteiger partial charge on any atom is 0.233 e. The van der Waals surface area contributed by atoms with E-state index in [4.69, 9.17) is 0 Å². The molecule has 0 aromatic heterocycles. The van der Waals surface area contributed by atoms with E-state index < -0.39 is 11.8 Å². The molecule has 4 amide bonds. The van der Waals surface area contributed by atoms with E-state index in [2.05, 4.69) is 0 Å². The monoisotopic (exact) mass is 522 g/mol. The van der Waals surface area contributed by atoms with E-state index in [1.54, 1.807) is 0 Å². The van der Waals surface area contributed by atoms with E-state index in [1.165, 1.54) is 46.2 Å². The van der Waals surface area contributed by atoms with Crippen molar-refractivity contribution in [3.63, 3.8) is 0 Å². The van der Waals surface area contributed by atoms with E-state index in [9.17, 15) is 39.6 Å². The Balaban J connectivity index is 1.19. The van der Waals surface area contributed by atoms with Crippen molar-refractivity contribution in [1.29, 1.82) is 0 Å². The smallest absolute Gasteiger partial charge is 0.233 e. The van der Waals surface area contributed by atoms with Gasteiger partial charge in [-0.15, -0.1) is 0 Å². The second-order valence-electron chi connectivity index (χ2n) is 10.5. The van der Waals surface area contributed by atoms with Crippen molar-refractivity contribution in [1.82, 2.24) is 9.80 Å². The lowest BCUT2D eigenvalue weighted by atomic mass is 9.89. The molecule has 2 saturated heterocycles. The molecule has 0 radical (unpaired) electrons. The molecular formula is C28H30N2O8.